The average molecular weight is 569 g/mol. The number of halogens is 1. The first kappa shape index (κ1) is 27.4. The van der Waals surface area contributed by atoms with Crippen LogP contribution in [0.2, 0.25) is 5.02 Å². The van der Waals surface area contributed by atoms with Crippen LogP contribution in [0.4, 0.5) is 5.13 Å². The van der Waals surface area contributed by atoms with E-state index >= 15 is 0 Å². The summed E-state index contributed by atoms with van der Waals surface area (Å²) in [6.07, 6.45) is 3.02. The third-order valence-corrected chi connectivity index (χ3v) is 7.50. The van der Waals surface area contributed by atoms with E-state index in [0.717, 1.165) is 52.5 Å². The van der Waals surface area contributed by atoms with Gasteiger partial charge in [-0.2, -0.15) is 0 Å². The molecule has 40 heavy (non-hydrogen) atoms. The Labute approximate surface area is 243 Å². The number of aromatic nitrogens is 1. The summed E-state index contributed by atoms with van der Waals surface area (Å²) in [5.74, 6) is 1.95. The van der Waals surface area contributed by atoms with Gasteiger partial charge in [-0.05, 0) is 91.2 Å². The fraction of sp³-hybridized carbons (Fsp3) is 0.152. The molecule has 0 unspecified atom stereocenters. The fourth-order valence-electron chi connectivity index (χ4n) is 4.07. The van der Waals surface area contributed by atoms with Gasteiger partial charge >= 0.3 is 0 Å². The SMILES string of the molecule is CCCCc1sc(NC(=O)c2ccc(OCc3ccccc3)cc2)nc1-c1ccc(Oc2ccc(Cl)cc2)cc1. The van der Waals surface area contributed by atoms with E-state index in [0.29, 0.717) is 28.1 Å². The van der Waals surface area contributed by atoms with Crippen LogP contribution >= 0.6 is 22.9 Å². The topological polar surface area (TPSA) is 60.5 Å². The van der Waals surface area contributed by atoms with E-state index in [9.17, 15) is 4.79 Å². The highest BCUT2D eigenvalue weighted by molar-refractivity contribution is 7.16. The van der Waals surface area contributed by atoms with Crippen molar-refractivity contribution >= 4 is 34.0 Å². The van der Waals surface area contributed by atoms with Crippen molar-refractivity contribution < 1.29 is 14.3 Å². The molecule has 0 radical (unpaired) electrons. The van der Waals surface area contributed by atoms with Crippen LogP contribution in [0.25, 0.3) is 11.3 Å². The summed E-state index contributed by atoms with van der Waals surface area (Å²) >= 11 is 7.49. The van der Waals surface area contributed by atoms with Crippen LogP contribution in [-0.4, -0.2) is 10.9 Å². The lowest BCUT2D eigenvalue weighted by Gasteiger charge is -2.07. The number of carbonyl (C=O) groups excluding carboxylic acids is 1. The van der Waals surface area contributed by atoms with Gasteiger partial charge in [-0.1, -0.05) is 55.3 Å². The van der Waals surface area contributed by atoms with Gasteiger partial charge in [0.25, 0.3) is 5.91 Å². The van der Waals surface area contributed by atoms with Crippen molar-refractivity contribution in [3.63, 3.8) is 0 Å². The number of amides is 1. The lowest BCUT2D eigenvalue weighted by Crippen LogP contribution is -2.11. The van der Waals surface area contributed by atoms with Gasteiger partial charge in [-0.25, -0.2) is 4.98 Å². The summed E-state index contributed by atoms with van der Waals surface area (Å²) in [5.41, 5.74) is 3.50. The number of benzene rings is 4. The third kappa shape index (κ3) is 7.29. The molecule has 0 saturated carbocycles. The Hall–Kier alpha value is -4.13. The first-order valence-electron chi connectivity index (χ1n) is 13.2. The second-order valence-electron chi connectivity index (χ2n) is 9.23. The molecule has 4 aromatic carbocycles. The molecule has 5 nitrogen and oxygen atoms in total. The summed E-state index contributed by atoms with van der Waals surface area (Å²) in [5, 5.41) is 4.23. The number of aryl methyl sites for hydroxylation is 1. The number of hydrogen-bond acceptors (Lipinski definition) is 5. The number of hydrogen-bond donors (Lipinski definition) is 1. The van der Waals surface area contributed by atoms with Crippen molar-refractivity contribution in [1.82, 2.24) is 4.98 Å². The molecule has 0 atom stereocenters. The Morgan fingerprint density at radius 3 is 2.17 bits per heavy atom. The Morgan fingerprint density at radius 2 is 1.50 bits per heavy atom. The minimum atomic E-state index is -0.205. The van der Waals surface area contributed by atoms with E-state index in [1.165, 1.54) is 11.3 Å². The molecule has 5 aromatic rings. The van der Waals surface area contributed by atoms with E-state index in [4.69, 9.17) is 26.1 Å². The van der Waals surface area contributed by atoms with Crippen molar-refractivity contribution in [2.75, 3.05) is 5.32 Å². The number of unbranched alkanes of at least 4 members (excludes halogenated alkanes) is 1. The number of ether oxygens (including phenoxy) is 2. The zero-order valence-corrected chi connectivity index (χ0v) is 23.7. The van der Waals surface area contributed by atoms with Crippen molar-refractivity contribution in [1.29, 1.82) is 0 Å². The van der Waals surface area contributed by atoms with E-state index < -0.39 is 0 Å². The van der Waals surface area contributed by atoms with Crippen LogP contribution in [0, 0.1) is 0 Å². The van der Waals surface area contributed by atoms with Gasteiger partial charge in [0.2, 0.25) is 0 Å². The molecule has 0 fully saturated rings. The number of rotatable bonds is 11. The maximum Gasteiger partial charge on any atom is 0.257 e. The normalized spacial score (nSPS) is 10.8. The first-order chi connectivity index (χ1) is 19.6. The highest BCUT2D eigenvalue weighted by Gasteiger charge is 2.16. The largest absolute Gasteiger partial charge is 0.489 e. The number of anilines is 1. The standard InChI is InChI=1S/C33H29ClN2O3S/c1-2-3-9-30-31(24-10-18-28(19-11-24)39-29-20-14-26(34)15-21-29)35-33(40-30)36-32(37)25-12-16-27(17-13-25)38-22-23-7-5-4-6-8-23/h4-8,10-21H,2-3,9,22H2,1H3,(H,35,36,37). The second kappa shape index (κ2) is 13.3. The van der Waals surface area contributed by atoms with E-state index in [2.05, 4.69) is 12.2 Å². The summed E-state index contributed by atoms with van der Waals surface area (Å²) in [4.78, 5) is 19.0. The third-order valence-electron chi connectivity index (χ3n) is 6.22. The van der Waals surface area contributed by atoms with Crippen molar-refractivity contribution in [2.45, 2.75) is 32.8 Å². The lowest BCUT2D eigenvalue weighted by atomic mass is 10.1. The number of nitrogens with zero attached hydrogens (tertiary/aromatic N) is 1. The first-order valence-corrected chi connectivity index (χ1v) is 14.4. The Balaban J connectivity index is 1.26. The van der Waals surface area contributed by atoms with E-state index in [1.807, 2.05) is 78.9 Å². The highest BCUT2D eigenvalue weighted by Crippen LogP contribution is 2.34. The molecular weight excluding hydrogens is 540 g/mol. The maximum absolute atomic E-state index is 13.0. The summed E-state index contributed by atoms with van der Waals surface area (Å²) in [7, 11) is 0. The van der Waals surface area contributed by atoms with Gasteiger partial charge in [-0.15, -0.1) is 11.3 Å². The Kier molecular flexibility index (Phi) is 9.11. The molecule has 202 valence electrons. The van der Waals surface area contributed by atoms with Crippen LogP contribution in [0.3, 0.4) is 0 Å². The van der Waals surface area contributed by atoms with Crippen LogP contribution in [-0.2, 0) is 13.0 Å². The predicted molar refractivity (Wildman–Crippen MR) is 163 cm³/mol. The van der Waals surface area contributed by atoms with E-state index in [-0.39, 0.29) is 5.91 Å². The molecule has 0 aliphatic rings. The van der Waals surface area contributed by atoms with Gasteiger partial charge in [-0.3, -0.25) is 10.1 Å². The molecule has 0 bridgehead atoms. The lowest BCUT2D eigenvalue weighted by molar-refractivity contribution is 0.102. The number of thiazole rings is 1. The molecular formula is C33H29ClN2O3S. The molecule has 1 heterocycles. The van der Waals surface area contributed by atoms with Crippen LogP contribution in [0.15, 0.2) is 103 Å². The van der Waals surface area contributed by atoms with Gasteiger partial charge in [0.15, 0.2) is 5.13 Å². The van der Waals surface area contributed by atoms with Crippen LogP contribution in [0.1, 0.15) is 40.6 Å². The van der Waals surface area contributed by atoms with Crippen LogP contribution in [0.5, 0.6) is 17.2 Å². The Morgan fingerprint density at radius 1 is 0.850 bits per heavy atom. The molecule has 1 amide bonds. The molecule has 0 spiro atoms. The second-order valence-corrected chi connectivity index (χ2v) is 10.7. The van der Waals surface area contributed by atoms with Crippen molar-refractivity contribution in [2.24, 2.45) is 0 Å². The fourth-order valence-corrected chi connectivity index (χ4v) is 5.22. The highest BCUT2D eigenvalue weighted by atomic mass is 35.5. The summed E-state index contributed by atoms with van der Waals surface area (Å²) < 4.78 is 11.8. The molecule has 5 rings (SSSR count). The van der Waals surface area contributed by atoms with Gasteiger partial charge < -0.3 is 9.47 Å². The smallest absolute Gasteiger partial charge is 0.257 e. The molecule has 1 aromatic heterocycles. The summed E-state index contributed by atoms with van der Waals surface area (Å²) in [6, 6.07) is 32.2. The van der Waals surface area contributed by atoms with Crippen molar-refractivity contribution in [3.8, 4) is 28.5 Å². The maximum atomic E-state index is 13.0. The molecule has 1 N–H and O–H groups in total. The van der Waals surface area contributed by atoms with Crippen molar-refractivity contribution in [3.05, 3.63) is 124 Å². The average Bonchev–Trinajstić information content (AvgIpc) is 3.39. The van der Waals surface area contributed by atoms with E-state index in [1.54, 1.807) is 24.3 Å². The Bertz CT molecular complexity index is 1530. The van der Waals surface area contributed by atoms with Gasteiger partial charge in [0, 0.05) is 21.0 Å². The zero-order valence-electron chi connectivity index (χ0n) is 22.1. The molecule has 7 heteroatoms. The molecule has 0 aliphatic carbocycles. The summed E-state index contributed by atoms with van der Waals surface area (Å²) in [6.45, 7) is 2.64. The minimum Gasteiger partial charge on any atom is -0.489 e. The van der Waals surface area contributed by atoms with Gasteiger partial charge in [0.05, 0.1) is 5.69 Å². The van der Waals surface area contributed by atoms with Crippen LogP contribution < -0.4 is 14.8 Å². The quantitative estimate of drug-likeness (QED) is 0.172. The predicted octanol–water partition coefficient (Wildman–Crippen LogP) is 9.43. The molecule has 0 saturated heterocycles. The van der Waals surface area contributed by atoms with Gasteiger partial charge in [0.1, 0.15) is 23.9 Å². The number of carbonyl (C=O) groups is 1. The zero-order chi connectivity index (χ0) is 27.7. The number of nitrogens with one attached hydrogen (secondary N) is 1. The molecule has 0 aliphatic heterocycles. The minimum absolute atomic E-state index is 0.205. The monoisotopic (exact) mass is 568 g/mol.